The van der Waals surface area contributed by atoms with Crippen molar-refractivity contribution in [2.45, 2.75) is 25.7 Å². The first-order chi connectivity index (χ1) is 6.34. The predicted molar refractivity (Wildman–Crippen MR) is 52.5 cm³/mol. The standard InChI is InChI=1S/C11H17O2/c1-3-4-6-12-8-10(2)11-5-7-13-9-11/h5,7,9-10H,1,3-4,6,8H2,2H3. The Hall–Kier alpha value is -0.760. The number of ether oxygens (including phenoxy) is 1. The normalized spacial score (nSPS) is 13.1. The molecule has 0 saturated carbocycles. The largest absolute Gasteiger partial charge is 0.472 e. The summed E-state index contributed by atoms with van der Waals surface area (Å²) in [5, 5.41) is 0. The molecule has 0 aliphatic rings. The number of furan rings is 1. The fraction of sp³-hybridized carbons (Fsp3) is 0.545. The van der Waals surface area contributed by atoms with Gasteiger partial charge in [0, 0.05) is 12.5 Å². The molecule has 1 heterocycles. The third-order valence-corrected chi connectivity index (χ3v) is 2.02. The third kappa shape index (κ3) is 3.64. The van der Waals surface area contributed by atoms with Crippen LogP contribution in [-0.4, -0.2) is 13.2 Å². The lowest BCUT2D eigenvalue weighted by atomic mass is 10.1. The van der Waals surface area contributed by atoms with Gasteiger partial charge in [0.25, 0.3) is 0 Å². The highest BCUT2D eigenvalue weighted by Crippen LogP contribution is 2.15. The van der Waals surface area contributed by atoms with Gasteiger partial charge in [-0.2, -0.15) is 0 Å². The van der Waals surface area contributed by atoms with Crippen molar-refractivity contribution in [2.24, 2.45) is 0 Å². The van der Waals surface area contributed by atoms with Crippen LogP contribution in [0.3, 0.4) is 0 Å². The fourth-order valence-corrected chi connectivity index (χ4v) is 1.12. The molecule has 1 aromatic heterocycles. The van der Waals surface area contributed by atoms with E-state index in [1.807, 2.05) is 6.07 Å². The Labute approximate surface area is 79.9 Å². The molecule has 13 heavy (non-hydrogen) atoms. The molecule has 0 spiro atoms. The number of unbranched alkanes of at least 4 members (excludes halogenated alkanes) is 1. The monoisotopic (exact) mass is 181 g/mol. The lowest BCUT2D eigenvalue weighted by molar-refractivity contribution is 0.121. The van der Waals surface area contributed by atoms with Gasteiger partial charge in [-0.25, -0.2) is 0 Å². The third-order valence-electron chi connectivity index (χ3n) is 2.02. The highest BCUT2D eigenvalue weighted by molar-refractivity contribution is 5.10. The molecule has 1 atom stereocenters. The summed E-state index contributed by atoms with van der Waals surface area (Å²) >= 11 is 0. The average molecular weight is 181 g/mol. The number of hydrogen-bond donors (Lipinski definition) is 0. The Kier molecular flexibility index (Phi) is 4.61. The van der Waals surface area contributed by atoms with E-state index in [0.717, 1.165) is 26.1 Å². The summed E-state index contributed by atoms with van der Waals surface area (Å²) in [5.41, 5.74) is 1.20. The van der Waals surface area contributed by atoms with Crippen LogP contribution in [0.4, 0.5) is 0 Å². The van der Waals surface area contributed by atoms with Crippen LogP contribution in [0.1, 0.15) is 31.2 Å². The summed E-state index contributed by atoms with van der Waals surface area (Å²) in [5.74, 6) is 0.420. The van der Waals surface area contributed by atoms with Gasteiger partial charge in [0.1, 0.15) is 0 Å². The van der Waals surface area contributed by atoms with Crippen molar-refractivity contribution < 1.29 is 9.15 Å². The Bertz CT molecular complexity index is 204. The maximum atomic E-state index is 5.48. The molecule has 2 nitrogen and oxygen atoms in total. The molecular weight excluding hydrogens is 164 g/mol. The van der Waals surface area contributed by atoms with Gasteiger partial charge < -0.3 is 9.15 Å². The molecule has 73 valence electrons. The van der Waals surface area contributed by atoms with Crippen LogP contribution < -0.4 is 0 Å². The van der Waals surface area contributed by atoms with Crippen molar-refractivity contribution in [1.82, 2.24) is 0 Å². The SMILES string of the molecule is [CH2]CCCOCC(C)c1ccoc1. The van der Waals surface area contributed by atoms with Gasteiger partial charge in [0.05, 0.1) is 19.1 Å². The van der Waals surface area contributed by atoms with Crippen molar-refractivity contribution in [3.63, 3.8) is 0 Å². The maximum Gasteiger partial charge on any atom is 0.0938 e. The smallest absolute Gasteiger partial charge is 0.0938 e. The van der Waals surface area contributed by atoms with E-state index in [1.165, 1.54) is 5.56 Å². The molecule has 1 radical (unpaired) electrons. The Morgan fingerprint density at radius 1 is 1.62 bits per heavy atom. The second-order valence-electron chi connectivity index (χ2n) is 3.24. The van der Waals surface area contributed by atoms with Gasteiger partial charge in [0.15, 0.2) is 0 Å². The fourth-order valence-electron chi connectivity index (χ4n) is 1.12. The molecule has 1 rings (SSSR count). The van der Waals surface area contributed by atoms with Crippen LogP contribution in [-0.2, 0) is 4.74 Å². The van der Waals surface area contributed by atoms with Crippen molar-refractivity contribution in [3.8, 4) is 0 Å². The summed E-state index contributed by atoms with van der Waals surface area (Å²) in [7, 11) is 0. The minimum atomic E-state index is 0.420. The first-order valence-electron chi connectivity index (χ1n) is 4.73. The Morgan fingerprint density at radius 3 is 3.08 bits per heavy atom. The van der Waals surface area contributed by atoms with Crippen molar-refractivity contribution in [1.29, 1.82) is 0 Å². The van der Waals surface area contributed by atoms with Gasteiger partial charge in [-0.1, -0.05) is 20.3 Å². The molecular formula is C11H17O2. The molecule has 2 heteroatoms. The Morgan fingerprint density at radius 2 is 2.46 bits per heavy atom. The van der Waals surface area contributed by atoms with E-state index in [2.05, 4.69) is 13.8 Å². The summed E-state index contributed by atoms with van der Waals surface area (Å²) < 4.78 is 10.5. The van der Waals surface area contributed by atoms with E-state index in [0.29, 0.717) is 5.92 Å². The molecule has 0 aromatic carbocycles. The highest BCUT2D eigenvalue weighted by Gasteiger charge is 2.05. The maximum absolute atomic E-state index is 5.48. The van der Waals surface area contributed by atoms with E-state index in [4.69, 9.17) is 9.15 Å². The van der Waals surface area contributed by atoms with Crippen LogP contribution in [0.15, 0.2) is 23.0 Å². The molecule has 0 bridgehead atoms. The van der Waals surface area contributed by atoms with Crippen LogP contribution in [0, 0.1) is 6.92 Å². The van der Waals surface area contributed by atoms with Crippen LogP contribution in [0.2, 0.25) is 0 Å². The van der Waals surface area contributed by atoms with Crippen molar-refractivity contribution >= 4 is 0 Å². The predicted octanol–water partition coefficient (Wildman–Crippen LogP) is 3.01. The summed E-state index contributed by atoms with van der Waals surface area (Å²) in [6.07, 6.45) is 5.45. The minimum Gasteiger partial charge on any atom is -0.472 e. The Balaban J connectivity index is 2.15. The zero-order valence-electron chi connectivity index (χ0n) is 8.16. The second kappa shape index (κ2) is 5.81. The molecule has 1 unspecified atom stereocenters. The van der Waals surface area contributed by atoms with E-state index in [-0.39, 0.29) is 0 Å². The topological polar surface area (TPSA) is 22.4 Å². The molecule has 0 aliphatic carbocycles. The number of hydrogen-bond acceptors (Lipinski definition) is 2. The van der Waals surface area contributed by atoms with Crippen molar-refractivity contribution in [3.05, 3.63) is 31.1 Å². The first-order valence-corrected chi connectivity index (χ1v) is 4.73. The first kappa shape index (κ1) is 10.3. The molecule has 0 fully saturated rings. The minimum absolute atomic E-state index is 0.420. The lowest BCUT2D eigenvalue weighted by Crippen LogP contribution is -2.04. The quantitative estimate of drug-likeness (QED) is 0.629. The molecule has 0 amide bonds. The molecule has 0 N–H and O–H groups in total. The van der Waals surface area contributed by atoms with E-state index < -0.39 is 0 Å². The summed E-state index contributed by atoms with van der Waals surface area (Å²) in [4.78, 5) is 0. The lowest BCUT2D eigenvalue weighted by Gasteiger charge is -2.09. The van der Waals surface area contributed by atoms with E-state index >= 15 is 0 Å². The van der Waals surface area contributed by atoms with E-state index in [9.17, 15) is 0 Å². The van der Waals surface area contributed by atoms with Crippen LogP contribution in [0.5, 0.6) is 0 Å². The van der Waals surface area contributed by atoms with Crippen molar-refractivity contribution in [2.75, 3.05) is 13.2 Å². The number of rotatable bonds is 6. The van der Waals surface area contributed by atoms with Gasteiger partial charge in [0.2, 0.25) is 0 Å². The van der Waals surface area contributed by atoms with Crippen LogP contribution in [0.25, 0.3) is 0 Å². The zero-order chi connectivity index (χ0) is 9.52. The van der Waals surface area contributed by atoms with Crippen LogP contribution >= 0.6 is 0 Å². The molecule has 0 saturated heterocycles. The van der Waals surface area contributed by atoms with Gasteiger partial charge in [-0.3, -0.25) is 0 Å². The van der Waals surface area contributed by atoms with Gasteiger partial charge >= 0.3 is 0 Å². The zero-order valence-corrected chi connectivity index (χ0v) is 8.16. The van der Waals surface area contributed by atoms with Gasteiger partial charge in [-0.05, 0) is 18.1 Å². The summed E-state index contributed by atoms with van der Waals surface area (Å²) in [6, 6.07) is 1.98. The van der Waals surface area contributed by atoms with E-state index in [1.54, 1.807) is 12.5 Å². The molecule has 1 aromatic rings. The van der Waals surface area contributed by atoms with Gasteiger partial charge in [-0.15, -0.1) is 0 Å². The average Bonchev–Trinajstić information content (AvgIpc) is 2.65. The summed E-state index contributed by atoms with van der Waals surface area (Å²) in [6.45, 7) is 7.47. The highest BCUT2D eigenvalue weighted by atomic mass is 16.5. The molecule has 0 aliphatic heterocycles. The second-order valence-corrected chi connectivity index (χ2v) is 3.24.